The third kappa shape index (κ3) is 10.00. The van der Waals surface area contributed by atoms with Crippen LogP contribution in [0.2, 0.25) is 0 Å². The van der Waals surface area contributed by atoms with Gasteiger partial charge in [-0.25, -0.2) is 0 Å². The molecule has 0 amide bonds. The third-order valence-corrected chi connectivity index (χ3v) is 18.5. The summed E-state index contributed by atoms with van der Waals surface area (Å²) in [5.41, 5.74) is 6.23. The molecule has 0 fully saturated rings. The Labute approximate surface area is 448 Å². The van der Waals surface area contributed by atoms with E-state index in [4.69, 9.17) is 26.4 Å². The summed E-state index contributed by atoms with van der Waals surface area (Å²) in [7, 11) is -2.65. The molecule has 0 saturated heterocycles. The summed E-state index contributed by atoms with van der Waals surface area (Å²) in [6, 6.07) is 79.2. The monoisotopic (exact) mass is 1320 g/mol. The Morgan fingerprint density at radius 3 is 1.46 bits per heavy atom. The Bertz CT molecular complexity index is 3680. The summed E-state index contributed by atoms with van der Waals surface area (Å²) in [4.78, 5) is 0. The van der Waals surface area contributed by atoms with Crippen molar-refractivity contribution in [1.29, 1.82) is 0 Å². The third-order valence-electron chi connectivity index (χ3n) is 12.7. The van der Waals surface area contributed by atoms with Crippen molar-refractivity contribution in [3.8, 4) is 17.6 Å². The molecule has 2 aliphatic rings. The first kappa shape index (κ1) is 49.3. The zero-order valence-electron chi connectivity index (χ0n) is 38.1. The van der Waals surface area contributed by atoms with Gasteiger partial charge in [-0.2, -0.15) is 0 Å². The Hall–Kier alpha value is -6.68. The fraction of sp³-hybridized carbons (Fsp3) is 0.0312. The number of benzene rings is 9. The van der Waals surface area contributed by atoms with Crippen LogP contribution in [0.4, 0.5) is 0 Å². The van der Waals surface area contributed by atoms with Gasteiger partial charge in [-0.1, -0.05) is 157 Å². The summed E-state index contributed by atoms with van der Waals surface area (Å²) >= 11 is 0. The largest absolute Gasteiger partial charge is 1.00 e. The van der Waals surface area contributed by atoms with E-state index in [1.807, 2.05) is 72.8 Å². The van der Waals surface area contributed by atoms with Gasteiger partial charge in [0.05, 0.1) is 11.7 Å². The zero-order valence-corrected chi connectivity index (χ0v) is 44.4. The van der Waals surface area contributed by atoms with E-state index in [2.05, 4.69) is 182 Å². The maximum atomic E-state index is 7.22. The van der Waals surface area contributed by atoms with Crippen molar-refractivity contribution in [3.63, 3.8) is 0 Å². The number of hydrogen-bond donors (Lipinski definition) is 0. The van der Waals surface area contributed by atoms with E-state index < -0.39 is 15.8 Å². The normalized spacial score (nSPS) is 14.1. The number of allylic oxidation sites excluding steroid dienone is 2. The molecular weight excluding hydrogens is 1270 g/mol. The first-order valence-corrected chi connectivity index (χ1v) is 26.0. The van der Waals surface area contributed by atoms with Gasteiger partial charge in [-0.3, -0.25) is 11.8 Å². The van der Waals surface area contributed by atoms with Crippen LogP contribution in [0.15, 0.2) is 257 Å². The van der Waals surface area contributed by atoms with E-state index in [0.29, 0.717) is 5.56 Å². The molecule has 0 spiro atoms. The van der Waals surface area contributed by atoms with Crippen LogP contribution < -0.4 is 36.6 Å². The van der Waals surface area contributed by atoms with Crippen LogP contribution in [0.3, 0.4) is 0 Å². The topological polar surface area (TPSA) is 35.5 Å². The van der Waals surface area contributed by atoms with Crippen molar-refractivity contribution in [1.82, 2.24) is 0 Å². The number of hydrogen-bond acceptors (Lipinski definition) is 3. The minimum absolute atomic E-state index is 0. The molecule has 13 rings (SSSR count). The molecule has 1 aliphatic carbocycles. The Morgan fingerprint density at radius 2 is 0.901 bits per heavy atom. The molecule has 2 unspecified atom stereocenters. The molecule has 3 heterocycles. The van der Waals surface area contributed by atoms with Crippen LogP contribution in [0.5, 0.6) is 5.75 Å². The molecule has 2 aromatic heterocycles. The zero-order chi connectivity index (χ0) is 46.5. The van der Waals surface area contributed by atoms with Gasteiger partial charge in [0.2, 0.25) is 0 Å². The summed E-state index contributed by atoms with van der Waals surface area (Å²) in [6.45, 7) is 0. The van der Waals surface area contributed by atoms with Gasteiger partial charge in [0, 0.05) is 39.1 Å². The second kappa shape index (κ2) is 22.6. The van der Waals surface area contributed by atoms with Crippen LogP contribution in [0, 0.1) is 24.7 Å². The van der Waals surface area contributed by atoms with Crippen molar-refractivity contribution < 1.29 is 58.3 Å². The smallest absolute Gasteiger partial charge is 0.502 e. The Balaban J connectivity index is 0.000000159. The van der Waals surface area contributed by atoms with Gasteiger partial charge in [-0.15, -0.1) is 17.7 Å². The number of rotatable bonds is 6. The number of furan rings is 2. The molecule has 11 aromatic rings. The molecule has 0 saturated carbocycles. The SMILES string of the molecule is [Au+].[Au+].[C-]#CC1=CC=CC2c3ccccc3OC12.[C-]#Cc1cccc2c1oc1ccccc12.c1ccc([PH+](c2ccccc2)c2cc3oc4ccccc4c3cc2[PH+](c2ccccc2)c2ccccc2)cc1. The molecule has 1 aliphatic heterocycles. The predicted molar refractivity (Wildman–Crippen MR) is 292 cm³/mol. The minimum Gasteiger partial charge on any atom is -0.502 e. The average molecular weight is 1320 g/mol. The second-order valence-corrected chi connectivity index (χ2v) is 21.7. The standard InChI is InChI=1S/C36H26OP2.C14H9O.C14H7O.2Au/c1-5-15-27(16-6-1)38(28-17-7-2-8-18-28)35-25-32-31-23-13-14-24-33(31)37-34(32)26-36(35)39(29-19-9-3-10-20-29)30-21-11-4-12-22-30;2*1-2-10-6-5-8-12-11-7-3-4-9-13(11)15-14(10)12;;/h1-26H;3-9,12,14H;3-9H;;/q;2*-1;2*+1/p+2. The number of ether oxygens (including phenoxy) is 1. The van der Waals surface area contributed by atoms with Crippen LogP contribution in [-0.2, 0) is 44.8 Å². The van der Waals surface area contributed by atoms with Crippen molar-refractivity contribution in [2.24, 2.45) is 0 Å². The molecule has 71 heavy (non-hydrogen) atoms. The van der Waals surface area contributed by atoms with E-state index in [1.165, 1.54) is 48.2 Å². The minimum atomic E-state index is -1.33. The quantitative estimate of drug-likeness (QED) is 0.0720. The van der Waals surface area contributed by atoms with E-state index in [1.54, 1.807) is 0 Å². The molecule has 2 atom stereocenters. The molecule has 0 bridgehead atoms. The van der Waals surface area contributed by atoms with Gasteiger partial charge in [0.25, 0.3) is 0 Å². The second-order valence-electron chi connectivity index (χ2n) is 16.8. The number of para-hydroxylation sites is 4. The number of fused-ring (bicyclic) bond motifs is 9. The predicted octanol–water partition coefficient (Wildman–Crippen LogP) is 12.7. The maximum absolute atomic E-state index is 7.22. The van der Waals surface area contributed by atoms with E-state index in [0.717, 1.165) is 44.4 Å². The first-order valence-electron chi connectivity index (χ1n) is 23.0. The van der Waals surface area contributed by atoms with E-state index >= 15 is 0 Å². The maximum Gasteiger partial charge on any atom is 1.00 e. The average Bonchev–Trinajstić information content (AvgIpc) is 4.12. The summed E-state index contributed by atoms with van der Waals surface area (Å²) < 4.78 is 18.0. The molecular formula is C64H44Au2O3P2+2. The molecule has 3 nitrogen and oxygen atoms in total. The van der Waals surface area contributed by atoms with Crippen LogP contribution in [0.25, 0.3) is 43.9 Å². The van der Waals surface area contributed by atoms with Crippen LogP contribution in [0.1, 0.15) is 17.0 Å². The van der Waals surface area contributed by atoms with Crippen molar-refractivity contribution in [3.05, 3.63) is 272 Å². The summed E-state index contributed by atoms with van der Waals surface area (Å²) in [5, 5.41) is 12.9. The van der Waals surface area contributed by atoms with Gasteiger partial charge < -0.3 is 26.4 Å². The van der Waals surface area contributed by atoms with Gasteiger partial charge >= 0.3 is 44.8 Å². The molecule has 0 radical (unpaired) electrons. The summed E-state index contributed by atoms with van der Waals surface area (Å²) in [6.07, 6.45) is 20.3. The van der Waals surface area contributed by atoms with Gasteiger partial charge in [0.15, 0.2) is 0 Å². The van der Waals surface area contributed by atoms with Crippen LogP contribution in [-0.4, -0.2) is 6.10 Å². The van der Waals surface area contributed by atoms with Crippen molar-refractivity contribution in [2.45, 2.75) is 12.0 Å². The molecule has 7 heteroatoms. The van der Waals surface area contributed by atoms with Gasteiger partial charge in [0.1, 0.15) is 70.2 Å². The molecule has 0 N–H and O–H groups in total. The van der Waals surface area contributed by atoms with Crippen molar-refractivity contribution in [2.75, 3.05) is 0 Å². The van der Waals surface area contributed by atoms with E-state index in [9.17, 15) is 0 Å². The first-order chi connectivity index (χ1) is 34.2. The van der Waals surface area contributed by atoms with Crippen LogP contribution >= 0.6 is 15.8 Å². The van der Waals surface area contributed by atoms with Gasteiger partial charge in [-0.05, 0) is 72.8 Å². The Morgan fingerprint density at radius 1 is 0.423 bits per heavy atom. The molecule has 9 aromatic carbocycles. The summed E-state index contributed by atoms with van der Waals surface area (Å²) in [5.74, 6) is 6.01. The van der Waals surface area contributed by atoms with Crippen molar-refractivity contribution >= 4 is 91.5 Å². The fourth-order valence-electron chi connectivity index (χ4n) is 9.59. The fourth-order valence-corrected chi connectivity index (χ4v) is 15.6. The van der Waals surface area contributed by atoms with E-state index in [-0.39, 0.29) is 56.8 Å². The Kier molecular flexibility index (Phi) is 15.7. The molecule has 348 valence electrons.